The minimum atomic E-state index is 0.103. The maximum atomic E-state index is 6.29. The maximum absolute atomic E-state index is 6.29. The first-order chi connectivity index (χ1) is 9.80. The molecule has 2 N–H and O–H groups in total. The highest BCUT2D eigenvalue weighted by Gasteiger charge is 2.33. The van der Waals surface area contributed by atoms with Crippen molar-refractivity contribution in [2.24, 2.45) is 11.1 Å². The van der Waals surface area contributed by atoms with Crippen LogP contribution in [0.2, 0.25) is 5.02 Å². The van der Waals surface area contributed by atoms with Gasteiger partial charge in [-0.3, -0.25) is 4.90 Å². The standard InChI is InChI=1S/C18H29ClN2/c1-13(20)17(14-5-7-15(19)8-6-14)21(4)16-9-11-18(2,3)12-10-16/h5-8,13,16-17H,9-12,20H2,1-4H3. The number of benzene rings is 1. The minimum absolute atomic E-state index is 0.103. The van der Waals surface area contributed by atoms with Crippen LogP contribution in [0.25, 0.3) is 0 Å². The number of halogens is 1. The Kier molecular flexibility index (Phi) is 5.34. The summed E-state index contributed by atoms with van der Waals surface area (Å²) in [6, 6.07) is 9.14. The second-order valence-electron chi connectivity index (χ2n) is 7.42. The average molecular weight is 309 g/mol. The molecule has 0 amide bonds. The third-order valence-corrected chi connectivity index (χ3v) is 5.28. The first kappa shape index (κ1) is 16.8. The van der Waals surface area contributed by atoms with Crippen LogP contribution in [0.1, 0.15) is 58.1 Å². The number of nitrogens with zero attached hydrogens (tertiary/aromatic N) is 1. The Bertz CT molecular complexity index is 443. The van der Waals surface area contributed by atoms with Crippen LogP contribution in [0, 0.1) is 5.41 Å². The molecular formula is C18H29ClN2. The third kappa shape index (κ3) is 4.21. The number of nitrogens with two attached hydrogens (primary N) is 1. The van der Waals surface area contributed by atoms with Gasteiger partial charge in [-0.25, -0.2) is 0 Å². The number of rotatable bonds is 4. The molecule has 118 valence electrons. The van der Waals surface area contributed by atoms with E-state index >= 15 is 0 Å². The molecule has 2 atom stereocenters. The van der Waals surface area contributed by atoms with Crippen molar-refractivity contribution in [1.82, 2.24) is 4.90 Å². The smallest absolute Gasteiger partial charge is 0.0496 e. The van der Waals surface area contributed by atoms with E-state index in [0.29, 0.717) is 11.5 Å². The van der Waals surface area contributed by atoms with Crippen LogP contribution in [0.15, 0.2) is 24.3 Å². The van der Waals surface area contributed by atoms with Crippen LogP contribution in [0.5, 0.6) is 0 Å². The molecule has 2 nitrogen and oxygen atoms in total. The summed E-state index contributed by atoms with van der Waals surface area (Å²) in [6.45, 7) is 6.86. The number of hydrogen-bond acceptors (Lipinski definition) is 2. The van der Waals surface area contributed by atoms with E-state index in [9.17, 15) is 0 Å². The van der Waals surface area contributed by atoms with Gasteiger partial charge >= 0.3 is 0 Å². The fraction of sp³-hybridized carbons (Fsp3) is 0.667. The summed E-state index contributed by atoms with van der Waals surface area (Å²) in [5, 5.41) is 0.782. The summed E-state index contributed by atoms with van der Waals surface area (Å²) in [5.41, 5.74) is 8.06. The Morgan fingerprint density at radius 1 is 1.19 bits per heavy atom. The highest BCUT2D eigenvalue weighted by molar-refractivity contribution is 6.30. The quantitative estimate of drug-likeness (QED) is 0.878. The molecule has 1 aromatic carbocycles. The van der Waals surface area contributed by atoms with Crippen molar-refractivity contribution in [2.45, 2.75) is 64.6 Å². The molecular weight excluding hydrogens is 280 g/mol. The van der Waals surface area contributed by atoms with Crippen molar-refractivity contribution in [3.05, 3.63) is 34.9 Å². The van der Waals surface area contributed by atoms with E-state index in [0.717, 1.165) is 5.02 Å². The topological polar surface area (TPSA) is 29.3 Å². The van der Waals surface area contributed by atoms with E-state index in [1.807, 2.05) is 12.1 Å². The molecule has 1 aliphatic rings. The van der Waals surface area contributed by atoms with Crippen molar-refractivity contribution < 1.29 is 0 Å². The van der Waals surface area contributed by atoms with Gasteiger partial charge in [0.25, 0.3) is 0 Å². The molecule has 21 heavy (non-hydrogen) atoms. The Hall–Kier alpha value is -0.570. The van der Waals surface area contributed by atoms with Gasteiger partial charge in [-0.15, -0.1) is 0 Å². The molecule has 0 saturated heterocycles. The molecule has 0 aliphatic heterocycles. The number of likely N-dealkylation sites (N-methyl/N-ethyl adjacent to an activating group) is 1. The fourth-order valence-corrected chi connectivity index (χ4v) is 3.71. The van der Waals surface area contributed by atoms with Gasteiger partial charge in [-0.2, -0.15) is 0 Å². The second kappa shape index (κ2) is 6.68. The lowest BCUT2D eigenvalue weighted by Gasteiger charge is -2.43. The predicted molar refractivity (Wildman–Crippen MR) is 91.6 cm³/mol. The van der Waals surface area contributed by atoms with E-state index in [-0.39, 0.29) is 12.1 Å². The van der Waals surface area contributed by atoms with E-state index in [1.54, 1.807) is 0 Å². The van der Waals surface area contributed by atoms with Crippen LogP contribution in [0.4, 0.5) is 0 Å². The van der Waals surface area contributed by atoms with Crippen LogP contribution >= 0.6 is 11.6 Å². The maximum Gasteiger partial charge on any atom is 0.0496 e. The van der Waals surface area contributed by atoms with Crippen LogP contribution in [-0.4, -0.2) is 24.0 Å². The van der Waals surface area contributed by atoms with E-state index in [1.165, 1.54) is 31.2 Å². The van der Waals surface area contributed by atoms with Gasteiger partial charge in [-0.1, -0.05) is 37.6 Å². The Balaban J connectivity index is 2.13. The third-order valence-electron chi connectivity index (χ3n) is 5.03. The van der Waals surface area contributed by atoms with Crippen molar-refractivity contribution >= 4 is 11.6 Å². The summed E-state index contributed by atoms with van der Waals surface area (Å²) < 4.78 is 0. The minimum Gasteiger partial charge on any atom is -0.326 e. The lowest BCUT2D eigenvalue weighted by atomic mass is 9.75. The zero-order valence-electron chi connectivity index (χ0n) is 13.8. The van der Waals surface area contributed by atoms with E-state index in [2.05, 4.69) is 44.9 Å². The fourth-order valence-electron chi connectivity index (χ4n) is 3.59. The molecule has 3 heteroatoms. The second-order valence-corrected chi connectivity index (χ2v) is 7.85. The summed E-state index contributed by atoms with van der Waals surface area (Å²) in [6.07, 6.45) is 5.13. The zero-order chi connectivity index (χ0) is 15.6. The highest BCUT2D eigenvalue weighted by atomic mass is 35.5. The molecule has 1 saturated carbocycles. The van der Waals surface area contributed by atoms with Crippen molar-refractivity contribution in [2.75, 3.05) is 7.05 Å². The molecule has 2 unspecified atom stereocenters. The van der Waals surface area contributed by atoms with Crippen molar-refractivity contribution in [1.29, 1.82) is 0 Å². The van der Waals surface area contributed by atoms with Gasteiger partial charge < -0.3 is 5.73 Å². The van der Waals surface area contributed by atoms with Crippen LogP contribution in [0.3, 0.4) is 0 Å². The normalized spacial score (nSPS) is 22.2. The Morgan fingerprint density at radius 2 is 1.71 bits per heavy atom. The monoisotopic (exact) mass is 308 g/mol. The lowest BCUT2D eigenvalue weighted by molar-refractivity contribution is 0.0856. The first-order valence-electron chi connectivity index (χ1n) is 8.03. The molecule has 2 rings (SSSR count). The lowest BCUT2D eigenvalue weighted by Crippen LogP contribution is -2.45. The summed E-state index contributed by atoms with van der Waals surface area (Å²) >= 11 is 6.01. The molecule has 1 fully saturated rings. The highest BCUT2D eigenvalue weighted by Crippen LogP contribution is 2.39. The Morgan fingerprint density at radius 3 is 2.19 bits per heavy atom. The van der Waals surface area contributed by atoms with Gasteiger partial charge in [0.15, 0.2) is 0 Å². The molecule has 1 aliphatic carbocycles. The van der Waals surface area contributed by atoms with Gasteiger partial charge in [0.1, 0.15) is 0 Å². The van der Waals surface area contributed by atoms with Gasteiger partial charge in [0, 0.05) is 23.1 Å². The van der Waals surface area contributed by atoms with Crippen LogP contribution in [-0.2, 0) is 0 Å². The number of hydrogen-bond donors (Lipinski definition) is 1. The molecule has 0 spiro atoms. The van der Waals surface area contributed by atoms with Crippen molar-refractivity contribution in [3.63, 3.8) is 0 Å². The predicted octanol–water partition coefficient (Wildman–Crippen LogP) is 4.63. The van der Waals surface area contributed by atoms with Crippen molar-refractivity contribution in [3.8, 4) is 0 Å². The molecule has 1 aromatic rings. The summed E-state index contributed by atoms with van der Waals surface area (Å²) in [4.78, 5) is 2.49. The van der Waals surface area contributed by atoms with E-state index < -0.39 is 0 Å². The Labute approximate surface area is 134 Å². The molecule has 0 radical (unpaired) electrons. The summed E-state index contributed by atoms with van der Waals surface area (Å²) in [7, 11) is 2.23. The average Bonchev–Trinajstić information content (AvgIpc) is 2.40. The van der Waals surface area contributed by atoms with Crippen LogP contribution < -0.4 is 5.73 Å². The zero-order valence-corrected chi connectivity index (χ0v) is 14.5. The molecule has 0 aromatic heterocycles. The molecule has 0 bridgehead atoms. The largest absolute Gasteiger partial charge is 0.326 e. The van der Waals surface area contributed by atoms with Gasteiger partial charge in [0.05, 0.1) is 0 Å². The molecule has 0 heterocycles. The summed E-state index contributed by atoms with van der Waals surface area (Å²) in [5.74, 6) is 0. The van der Waals surface area contributed by atoms with E-state index in [4.69, 9.17) is 17.3 Å². The van der Waals surface area contributed by atoms with Gasteiger partial charge in [-0.05, 0) is 62.8 Å². The SMILES string of the molecule is CC(N)C(c1ccc(Cl)cc1)N(C)C1CCC(C)(C)CC1. The van der Waals surface area contributed by atoms with Gasteiger partial charge in [0.2, 0.25) is 0 Å². The first-order valence-corrected chi connectivity index (χ1v) is 8.41.